The molecule has 4 atom stereocenters. The van der Waals surface area contributed by atoms with Crippen LogP contribution in [0.3, 0.4) is 0 Å². The van der Waals surface area contributed by atoms with Crippen molar-refractivity contribution in [3.8, 4) is 6.07 Å². The maximum atomic E-state index is 12.9. The van der Waals surface area contributed by atoms with Gasteiger partial charge in [0.05, 0.1) is 42.5 Å². The number of nitrogens with one attached hydrogen (secondary N) is 3. The van der Waals surface area contributed by atoms with Crippen LogP contribution in [0, 0.1) is 24.2 Å². The largest absolute Gasteiger partial charge is 0.374 e. The van der Waals surface area contributed by atoms with Gasteiger partial charge >= 0.3 is 6.03 Å². The molecule has 2 saturated heterocycles. The number of rotatable bonds is 3. The molecular formula is C18H21N5O5S. The number of piperidine rings is 1. The Kier molecular flexibility index (Phi) is 4.94. The van der Waals surface area contributed by atoms with Crippen molar-refractivity contribution < 1.29 is 22.7 Å². The van der Waals surface area contributed by atoms with Gasteiger partial charge in [-0.3, -0.25) is 4.79 Å². The third kappa shape index (κ3) is 3.43. The van der Waals surface area contributed by atoms with Gasteiger partial charge in [-0.15, -0.1) is 0 Å². The third-order valence-corrected chi connectivity index (χ3v) is 7.42. The lowest BCUT2D eigenvalue weighted by Crippen LogP contribution is -2.57. The van der Waals surface area contributed by atoms with Crippen molar-refractivity contribution >= 4 is 27.6 Å². The molecule has 4 rings (SSSR count). The summed E-state index contributed by atoms with van der Waals surface area (Å²) in [5, 5.41) is 17.5. The minimum Gasteiger partial charge on any atom is -0.374 e. The number of nitrogens with zero attached hydrogens (tertiary/aromatic N) is 2. The molecule has 0 bridgehead atoms. The van der Waals surface area contributed by atoms with Crippen molar-refractivity contribution in [2.45, 2.75) is 36.4 Å². The molecule has 1 aromatic carbocycles. The maximum absolute atomic E-state index is 12.9. The highest BCUT2D eigenvalue weighted by atomic mass is 32.2. The number of nitriles is 1. The van der Waals surface area contributed by atoms with E-state index in [1.165, 1.54) is 6.07 Å². The summed E-state index contributed by atoms with van der Waals surface area (Å²) in [5.41, 5.74) is 0.690. The second kappa shape index (κ2) is 7.29. The van der Waals surface area contributed by atoms with Gasteiger partial charge in [-0.05, 0) is 25.0 Å². The number of anilines is 1. The van der Waals surface area contributed by atoms with E-state index in [1.54, 1.807) is 19.1 Å². The molecule has 3 N–H and O–H groups in total. The van der Waals surface area contributed by atoms with Gasteiger partial charge in [0.2, 0.25) is 5.91 Å². The summed E-state index contributed by atoms with van der Waals surface area (Å²) in [7, 11) is -4.15. The molecule has 0 aromatic heterocycles. The lowest BCUT2D eigenvalue weighted by atomic mass is 9.91. The standard InChI is InChI=1S/C18H21N5O5S/c1-10-3-2-4-12-17(10)29(26,27)23(18(25)22-12)8-15(24)21-13-9-28-14-5-11(6-19)7-20-16(13)14/h2-4,11,13-14,16,20H,5,7-9H2,1H3,(H,21,24)(H,22,25)/t11?,13-,14?,16?/m0/s1. The molecule has 3 amide bonds. The summed E-state index contributed by atoms with van der Waals surface area (Å²) >= 11 is 0. The third-order valence-electron chi connectivity index (χ3n) is 5.48. The molecular weight excluding hydrogens is 398 g/mol. The molecule has 154 valence electrons. The minimum absolute atomic E-state index is 0.00634. The normalized spacial score (nSPS) is 29.9. The predicted molar refractivity (Wildman–Crippen MR) is 101 cm³/mol. The lowest BCUT2D eigenvalue weighted by Gasteiger charge is -2.32. The molecule has 0 spiro atoms. The van der Waals surface area contributed by atoms with E-state index in [0.29, 0.717) is 22.8 Å². The number of aryl methyl sites for hydroxylation is 1. The van der Waals surface area contributed by atoms with Crippen molar-refractivity contribution in [1.82, 2.24) is 14.9 Å². The Morgan fingerprint density at radius 2 is 2.24 bits per heavy atom. The molecule has 0 radical (unpaired) electrons. The maximum Gasteiger partial charge on any atom is 0.336 e. The highest BCUT2D eigenvalue weighted by Crippen LogP contribution is 2.32. The van der Waals surface area contributed by atoms with Crippen LogP contribution in [0.1, 0.15) is 12.0 Å². The van der Waals surface area contributed by atoms with Crippen LogP contribution < -0.4 is 16.0 Å². The molecule has 3 heterocycles. The number of amides is 3. The van der Waals surface area contributed by atoms with Crippen LogP contribution in [0.25, 0.3) is 0 Å². The zero-order valence-corrected chi connectivity index (χ0v) is 16.5. The molecule has 3 aliphatic heterocycles. The summed E-state index contributed by atoms with van der Waals surface area (Å²) in [6, 6.07) is 5.61. The van der Waals surface area contributed by atoms with Crippen molar-refractivity contribution in [2.75, 3.05) is 25.0 Å². The van der Waals surface area contributed by atoms with Crippen LogP contribution in [-0.4, -0.2) is 62.5 Å². The van der Waals surface area contributed by atoms with Crippen molar-refractivity contribution in [2.24, 2.45) is 5.92 Å². The fourth-order valence-corrected chi connectivity index (χ4v) is 5.73. The summed E-state index contributed by atoms with van der Waals surface area (Å²) in [5.74, 6) is -0.740. The highest BCUT2D eigenvalue weighted by molar-refractivity contribution is 7.90. The summed E-state index contributed by atoms with van der Waals surface area (Å²) < 4.78 is 32.1. The lowest BCUT2D eigenvalue weighted by molar-refractivity contribution is -0.121. The zero-order chi connectivity index (χ0) is 20.8. The van der Waals surface area contributed by atoms with Crippen molar-refractivity contribution in [3.63, 3.8) is 0 Å². The van der Waals surface area contributed by atoms with Gasteiger partial charge in [0.25, 0.3) is 10.0 Å². The van der Waals surface area contributed by atoms with Gasteiger partial charge in [-0.25, -0.2) is 17.5 Å². The number of hydrogen-bond acceptors (Lipinski definition) is 7. The SMILES string of the molecule is Cc1cccc2c1S(=O)(=O)N(CC(=O)N[C@H]1COC3CC(C#N)CNC31)C(=O)N2. The fraction of sp³-hybridized carbons (Fsp3) is 0.500. The van der Waals surface area contributed by atoms with Gasteiger partial charge in [0.1, 0.15) is 11.4 Å². The van der Waals surface area contributed by atoms with Gasteiger partial charge in [0.15, 0.2) is 0 Å². The molecule has 1 aromatic rings. The second-order valence-electron chi connectivity index (χ2n) is 7.43. The average Bonchev–Trinajstić information content (AvgIpc) is 3.06. The van der Waals surface area contributed by atoms with E-state index in [-0.39, 0.29) is 41.3 Å². The summed E-state index contributed by atoms with van der Waals surface area (Å²) in [4.78, 5) is 24.9. The Labute approximate surface area is 168 Å². The Balaban J connectivity index is 1.46. The number of fused-ring (bicyclic) bond motifs is 2. The number of benzene rings is 1. The van der Waals surface area contributed by atoms with E-state index in [1.807, 2.05) is 0 Å². The first-order valence-corrected chi connectivity index (χ1v) is 10.7. The van der Waals surface area contributed by atoms with Crippen LogP contribution >= 0.6 is 0 Å². The Hall–Kier alpha value is -2.68. The number of carbonyl (C=O) groups excluding carboxylic acids is 2. The first-order valence-electron chi connectivity index (χ1n) is 9.28. The van der Waals surface area contributed by atoms with Gasteiger partial charge < -0.3 is 20.7 Å². The highest BCUT2D eigenvalue weighted by Gasteiger charge is 2.43. The quantitative estimate of drug-likeness (QED) is 0.622. The Morgan fingerprint density at radius 3 is 3.00 bits per heavy atom. The number of sulfonamides is 1. The monoisotopic (exact) mass is 419 g/mol. The smallest absolute Gasteiger partial charge is 0.336 e. The number of ether oxygens (including phenoxy) is 1. The molecule has 10 nitrogen and oxygen atoms in total. The molecule has 0 saturated carbocycles. The summed E-state index contributed by atoms with van der Waals surface area (Å²) in [6.07, 6.45) is 0.398. The van der Waals surface area contributed by atoms with Gasteiger partial charge in [-0.2, -0.15) is 5.26 Å². The van der Waals surface area contributed by atoms with Crippen LogP contribution in [0.15, 0.2) is 23.1 Å². The van der Waals surface area contributed by atoms with Crippen molar-refractivity contribution in [3.05, 3.63) is 23.8 Å². The average molecular weight is 419 g/mol. The fourth-order valence-electron chi connectivity index (χ4n) is 4.08. The molecule has 3 unspecified atom stereocenters. The molecule has 29 heavy (non-hydrogen) atoms. The van der Waals surface area contributed by atoms with E-state index in [0.717, 1.165) is 0 Å². The predicted octanol–water partition coefficient (Wildman–Crippen LogP) is -0.0835. The van der Waals surface area contributed by atoms with E-state index < -0.39 is 28.5 Å². The topological polar surface area (TPSA) is 141 Å². The second-order valence-corrected chi connectivity index (χ2v) is 9.23. The number of hydrogen-bond donors (Lipinski definition) is 3. The molecule has 3 aliphatic rings. The van der Waals surface area contributed by atoms with Gasteiger partial charge in [-0.1, -0.05) is 12.1 Å². The van der Waals surface area contributed by atoms with E-state index in [9.17, 15) is 18.0 Å². The van der Waals surface area contributed by atoms with E-state index in [4.69, 9.17) is 10.00 Å². The zero-order valence-electron chi connectivity index (χ0n) is 15.7. The van der Waals surface area contributed by atoms with Crippen LogP contribution in [0.5, 0.6) is 0 Å². The van der Waals surface area contributed by atoms with E-state index >= 15 is 0 Å². The molecule has 0 aliphatic carbocycles. The first kappa shape index (κ1) is 19.6. The van der Waals surface area contributed by atoms with Gasteiger partial charge in [0, 0.05) is 6.54 Å². The van der Waals surface area contributed by atoms with Crippen LogP contribution in [-0.2, 0) is 19.6 Å². The number of urea groups is 1. The first-order chi connectivity index (χ1) is 13.8. The van der Waals surface area contributed by atoms with E-state index in [2.05, 4.69) is 22.0 Å². The minimum atomic E-state index is -4.15. The van der Waals surface area contributed by atoms with Crippen molar-refractivity contribution in [1.29, 1.82) is 5.26 Å². The Morgan fingerprint density at radius 1 is 1.45 bits per heavy atom. The summed E-state index contributed by atoms with van der Waals surface area (Å²) in [6.45, 7) is 1.77. The van der Waals surface area contributed by atoms with Crippen LogP contribution in [0.4, 0.5) is 10.5 Å². The number of carbonyl (C=O) groups is 2. The molecule has 11 heteroatoms. The van der Waals surface area contributed by atoms with Crippen LogP contribution in [0.2, 0.25) is 0 Å². The Bertz CT molecular complexity index is 1000. The molecule has 2 fully saturated rings.